The van der Waals surface area contributed by atoms with Gasteiger partial charge < -0.3 is 15.5 Å². The normalized spacial score (nSPS) is 34.7. The van der Waals surface area contributed by atoms with Crippen LogP contribution in [0, 0.1) is 23.2 Å². The van der Waals surface area contributed by atoms with Gasteiger partial charge in [0.2, 0.25) is 5.91 Å². The predicted molar refractivity (Wildman–Crippen MR) is 106 cm³/mol. The largest absolute Gasteiger partial charge is 0.349 e. The summed E-state index contributed by atoms with van der Waals surface area (Å²) in [4.78, 5) is 15.0. The number of amides is 1. The molecular weight excluding hydrogens is 334 g/mol. The van der Waals surface area contributed by atoms with Crippen LogP contribution in [0.25, 0.3) is 0 Å². The highest BCUT2D eigenvalue weighted by Crippen LogP contribution is 2.55. The van der Waals surface area contributed by atoms with Crippen molar-refractivity contribution in [1.82, 2.24) is 15.5 Å². The van der Waals surface area contributed by atoms with Gasteiger partial charge in [-0.1, -0.05) is 13.8 Å². The average molecular weight is 372 g/mol. The highest BCUT2D eigenvalue weighted by molar-refractivity contribution is 5.85. The first-order valence-electron chi connectivity index (χ1n) is 9.87. The molecule has 2 N–H and O–H groups in total. The Labute approximate surface area is 160 Å². The Balaban J connectivity index is 0.00000225. The van der Waals surface area contributed by atoms with Crippen LogP contribution in [-0.4, -0.2) is 49.6 Å². The van der Waals surface area contributed by atoms with Crippen LogP contribution in [0.4, 0.5) is 0 Å². The quantitative estimate of drug-likeness (QED) is 0.722. The topological polar surface area (TPSA) is 44.4 Å². The SMILES string of the molecule is CC(NCC(C)(C)CN(C)C)C(=O)NC12CC3CC(CC(C3)C1)C2.Cl. The number of carbonyl (C=O) groups is 1. The van der Waals surface area contributed by atoms with E-state index in [1.807, 2.05) is 6.92 Å². The number of hydrogen-bond acceptors (Lipinski definition) is 3. The van der Waals surface area contributed by atoms with Gasteiger partial charge in [-0.15, -0.1) is 12.4 Å². The summed E-state index contributed by atoms with van der Waals surface area (Å²) < 4.78 is 0. The molecule has 4 rings (SSSR count). The molecule has 5 heteroatoms. The van der Waals surface area contributed by atoms with Crippen molar-refractivity contribution in [3.63, 3.8) is 0 Å². The summed E-state index contributed by atoms with van der Waals surface area (Å²) in [5.74, 6) is 2.83. The summed E-state index contributed by atoms with van der Waals surface area (Å²) in [6, 6.07) is -0.112. The Kier molecular flexibility index (Phi) is 6.49. The molecule has 0 saturated heterocycles. The summed E-state index contributed by atoms with van der Waals surface area (Å²) >= 11 is 0. The van der Waals surface area contributed by atoms with Gasteiger partial charge in [-0.05, 0) is 82.7 Å². The van der Waals surface area contributed by atoms with Crippen molar-refractivity contribution in [2.75, 3.05) is 27.2 Å². The first kappa shape index (κ1) is 21.0. The molecule has 4 aliphatic rings. The lowest BCUT2D eigenvalue weighted by Crippen LogP contribution is -2.62. The maximum Gasteiger partial charge on any atom is 0.237 e. The molecule has 0 aliphatic heterocycles. The lowest BCUT2D eigenvalue weighted by atomic mass is 9.53. The number of carbonyl (C=O) groups excluding carboxylic acids is 1. The highest BCUT2D eigenvalue weighted by atomic mass is 35.5. The Morgan fingerprint density at radius 3 is 2.04 bits per heavy atom. The fourth-order valence-corrected chi connectivity index (χ4v) is 6.07. The van der Waals surface area contributed by atoms with E-state index in [0.29, 0.717) is 0 Å². The van der Waals surface area contributed by atoms with Crippen molar-refractivity contribution in [1.29, 1.82) is 0 Å². The Morgan fingerprint density at radius 2 is 1.60 bits per heavy atom. The zero-order valence-electron chi connectivity index (χ0n) is 16.7. The minimum Gasteiger partial charge on any atom is -0.349 e. The summed E-state index contributed by atoms with van der Waals surface area (Å²) in [6.07, 6.45) is 7.93. The second-order valence-electron chi connectivity index (χ2n) is 10.2. The molecule has 0 aromatic carbocycles. The third-order valence-electron chi connectivity index (χ3n) is 6.45. The second kappa shape index (κ2) is 7.74. The van der Waals surface area contributed by atoms with E-state index in [0.717, 1.165) is 30.8 Å². The molecule has 0 spiro atoms. The summed E-state index contributed by atoms with van der Waals surface area (Å²) in [7, 11) is 4.20. The van der Waals surface area contributed by atoms with E-state index in [9.17, 15) is 4.79 Å². The first-order chi connectivity index (χ1) is 11.2. The third kappa shape index (κ3) is 5.11. The molecule has 4 aliphatic carbocycles. The van der Waals surface area contributed by atoms with Gasteiger partial charge in [-0.3, -0.25) is 4.79 Å². The van der Waals surface area contributed by atoms with Crippen LogP contribution in [0.1, 0.15) is 59.3 Å². The fourth-order valence-electron chi connectivity index (χ4n) is 6.07. The maximum absolute atomic E-state index is 12.8. The molecule has 1 amide bonds. The Morgan fingerprint density at radius 1 is 1.12 bits per heavy atom. The average Bonchev–Trinajstić information content (AvgIpc) is 2.41. The van der Waals surface area contributed by atoms with Crippen molar-refractivity contribution in [3.05, 3.63) is 0 Å². The molecule has 4 saturated carbocycles. The van der Waals surface area contributed by atoms with Crippen LogP contribution in [0.3, 0.4) is 0 Å². The molecule has 0 aromatic rings. The molecule has 0 radical (unpaired) electrons. The van der Waals surface area contributed by atoms with Gasteiger partial charge in [-0.2, -0.15) is 0 Å². The van der Waals surface area contributed by atoms with Crippen LogP contribution < -0.4 is 10.6 Å². The minimum absolute atomic E-state index is 0. The zero-order chi connectivity index (χ0) is 17.5. The zero-order valence-corrected chi connectivity index (χ0v) is 17.5. The van der Waals surface area contributed by atoms with Crippen molar-refractivity contribution >= 4 is 18.3 Å². The molecule has 0 aromatic heterocycles. The van der Waals surface area contributed by atoms with Crippen LogP contribution >= 0.6 is 12.4 Å². The minimum atomic E-state index is -0.112. The fraction of sp³-hybridized carbons (Fsp3) is 0.950. The molecule has 4 nitrogen and oxygen atoms in total. The van der Waals surface area contributed by atoms with E-state index in [-0.39, 0.29) is 35.3 Å². The lowest BCUT2D eigenvalue weighted by Gasteiger charge is -2.57. The summed E-state index contributed by atoms with van der Waals surface area (Å²) in [6.45, 7) is 8.40. The molecule has 1 unspecified atom stereocenters. The predicted octanol–water partition coefficient (Wildman–Crippen LogP) is 3.06. The van der Waals surface area contributed by atoms with E-state index in [1.54, 1.807) is 0 Å². The standard InChI is InChI=1S/C20H37N3O.ClH/c1-14(21-12-19(2,3)13-23(4)5)18(24)22-20-9-15-6-16(10-20)8-17(7-15)11-20;/h14-17,21H,6-13H2,1-5H3,(H,22,24);1H. The molecule has 146 valence electrons. The van der Waals surface area contributed by atoms with Gasteiger partial charge >= 0.3 is 0 Å². The van der Waals surface area contributed by atoms with E-state index in [4.69, 9.17) is 0 Å². The summed E-state index contributed by atoms with van der Waals surface area (Å²) in [5, 5.41) is 6.96. The van der Waals surface area contributed by atoms with E-state index < -0.39 is 0 Å². The monoisotopic (exact) mass is 371 g/mol. The van der Waals surface area contributed by atoms with Crippen LogP contribution in [0.2, 0.25) is 0 Å². The van der Waals surface area contributed by atoms with Crippen molar-refractivity contribution in [2.45, 2.75) is 70.9 Å². The smallest absolute Gasteiger partial charge is 0.237 e. The van der Waals surface area contributed by atoms with Gasteiger partial charge in [0.15, 0.2) is 0 Å². The second-order valence-corrected chi connectivity index (χ2v) is 10.2. The molecule has 0 heterocycles. The van der Waals surface area contributed by atoms with Gasteiger partial charge in [0.05, 0.1) is 6.04 Å². The Bertz CT molecular complexity index is 442. The van der Waals surface area contributed by atoms with E-state index >= 15 is 0 Å². The van der Waals surface area contributed by atoms with Crippen LogP contribution in [-0.2, 0) is 4.79 Å². The van der Waals surface area contributed by atoms with Crippen LogP contribution in [0.15, 0.2) is 0 Å². The Hall–Kier alpha value is -0.320. The highest BCUT2D eigenvalue weighted by Gasteiger charge is 2.51. The van der Waals surface area contributed by atoms with Crippen LogP contribution in [0.5, 0.6) is 0 Å². The molecule has 4 fully saturated rings. The third-order valence-corrected chi connectivity index (χ3v) is 6.45. The molecule has 25 heavy (non-hydrogen) atoms. The van der Waals surface area contributed by atoms with Gasteiger partial charge in [0.25, 0.3) is 0 Å². The molecular formula is C20H38ClN3O. The molecule has 1 atom stereocenters. The number of rotatable bonds is 7. The van der Waals surface area contributed by atoms with Crippen molar-refractivity contribution in [2.24, 2.45) is 23.2 Å². The summed E-state index contributed by atoms with van der Waals surface area (Å²) in [5.41, 5.74) is 0.291. The van der Waals surface area contributed by atoms with Crippen molar-refractivity contribution in [3.8, 4) is 0 Å². The van der Waals surface area contributed by atoms with Gasteiger partial charge in [0, 0.05) is 18.6 Å². The van der Waals surface area contributed by atoms with E-state index in [2.05, 4.69) is 43.5 Å². The number of hydrogen-bond donors (Lipinski definition) is 2. The lowest BCUT2D eigenvalue weighted by molar-refractivity contribution is -0.128. The van der Waals surface area contributed by atoms with Crippen molar-refractivity contribution < 1.29 is 4.79 Å². The number of nitrogens with zero attached hydrogens (tertiary/aromatic N) is 1. The number of halogens is 1. The first-order valence-corrected chi connectivity index (χ1v) is 9.87. The van der Waals surface area contributed by atoms with Gasteiger partial charge in [0.1, 0.15) is 0 Å². The van der Waals surface area contributed by atoms with E-state index in [1.165, 1.54) is 38.5 Å². The van der Waals surface area contributed by atoms with Gasteiger partial charge in [-0.25, -0.2) is 0 Å². The molecule has 4 bridgehead atoms. The maximum atomic E-state index is 12.8. The number of nitrogens with one attached hydrogen (secondary N) is 2.